The molecule has 1 aromatic carbocycles. The van der Waals surface area contributed by atoms with E-state index in [0.717, 1.165) is 21.0 Å². The van der Waals surface area contributed by atoms with Crippen molar-refractivity contribution >= 4 is 44.5 Å². The Morgan fingerprint density at radius 1 is 1.23 bits per heavy atom. The van der Waals surface area contributed by atoms with E-state index in [1.807, 2.05) is 18.2 Å². The van der Waals surface area contributed by atoms with Crippen LogP contribution in [0.3, 0.4) is 0 Å². The third kappa shape index (κ3) is 4.14. The lowest BCUT2D eigenvalue weighted by molar-refractivity contribution is 0.0954. The second-order valence-electron chi connectivity index (χ2n) is 5.40. The number of ether oxygens (including phenoxy) is 2. The van der Waals surface area contributed by atoms with Gasteiger partial charge >= 0.3 is 0 Å². The first-order chi connectivity index (χ1) is 12.6. The highest BCUT2D eigenvalue weighted by Gasteiger charge is 2.12. The zero-order chi connectivity index (χ0) is 18.5. The van der Waals surface area contributed by atoms with Gasteiger partial charge in [-0.15, -0.1) is 11.3 Å². The van der Waals surface area contributed by atoms with Gasteiger partial charge in [-0.3, -0.25) is 4.79 Å². The van der Waals surface area contributed by atoms with E-state index in [2.05, 4.69) is 15.3 Å². The lowest BCUT2D eigenvalue weighted by Crippen LogP contribution is -2.30. The number of thiazole rings is 1. The average Bonchev–Trinajstić information content (AvgIpc) is 3.08. The lowest BCUT2D eigenvalue weighted by atomic mass is 10.3. The Balaban J connectivity index is 1.59. The number of rotatable bonds is 7. The molecular weight excluding hydrogens is 370 g/mol. The van der Waals surface area contributed by atoms with Crippen LogP contribution in [-0.4, -0.2) is 41.5 Å². The topological polar surface area (TPSA) is 73.3 Å². The van der Waals surface area contributed by atoms with Gasteiger partial charge in [0.2, 0.25) is 0 Å². The van der Waals surface area contributed by atoms with Crippen LogP contribution in [0.15, 0.2) is 36.5 Å². The van der Waals surface area contributed by atoms with Gasteiger partial charge in [0.25, 0.3) is 5.91 Å². The summed E-state index contributed by atoms with van der Waals surface area (Å²) in [5.74, 6) is 1.07. The molecule has 0 unspecified atom stereocenters. The van der Waals surface area contributed by atoms with Crippen LogP contribution in [0.1, 0.15) is 15.5 Å². The summed E-state index contributed by atoms with van der Waals surface area (Å²) in [4.78, 5) is 21.5. The molecule has 0 aliphatic heterocycles. The Hall–Kier alpha value is -2.58. The van der Waals surface area contributed by atoms with Gasteiger partial charge in [0.1, 0.15) is 22.7 Å². The van der Waals surface area contributed by atoms with E-state index >= 15 is 0 Å². The van der Waals surface area contributed by atoms with Crippen molar-refractivity contribution in [3.63, 3.8) is 0 Å². The minimum Gasteiger partial charge on any atom is -0.495 e. The summed E-state index contributed by atoms with van der Waals surface area (Å²) in [6.45, 7) is 0.287. The van der Waals surface area contributed by atoms with Crippen molar-refractivity contribution in [2.24, 2.45) is 0 Å². The summed E-state index contributed by atoms with van der Waals surface area (Å²) in [6.07, 6.45) is 2.02. The monoisotopic (exact) mass is 387 g/mol. The first-order valence-corrected chi connectivity index (χ1v) is 9.05. The van der Waals surface area contributed by atoms with Crippen LogP contribution in [-0.2, 0) is 6.42 Å². The molecule has 0 radical (unpaired) electrons. The molecule has 6 nitrogen and oxygen atoms in total. The molecule has 2 aromatic heterocycles. The van der Waals surface area contributed by atoms with Crippen LogP contribution in [0.5, 0.6) is 11.5 Å². The van der Waals surface area contributed by atoms with Crippen molar-refractivity contribution < 1.29 is 14.3 Å². The molecule has 2 heterocycles. The zero-order valence-electron chi connectivity index (χ0n) is 14.3. The van der Waals surface area contributed by atoms with E-state index in [1.165, 1.54) is 6.20 Å². The second kappa shape index (κ2) is 8.20. The molecular formula is C18H17N3O3S2. The van der Waals surface area contributed by atoms with Crippen LogP contribution in [0.25, 0.3) is 10.2 Å². The fourth-order valence-electron chi connectivity index (χ4n) is 2.35. The molecule has 3 rings (SSSR count). The Morgan fingerprint density at radius 2 is 2.08 bits per heavy atom. The Labute approximate surface area is 160 Å². The lowest BCUT2D eigenvalue weighted by Gasteiger charge is -2.06. The number of fused-ring (bicyclic) bond motifs is 1. The molecule has 8 heteroatoms. The summed E-state index contributed by atoms with van der Waals surface area (Å²) in [7, 11) is 3.17. The highest BCUT2D eigenvalue weighted by Crippen LogP contribution is 2.29. The predicted molar refractivity (Wildman–Crippen MR) is 106 cm³/mol. The number of nitrogens with one attached hydrogen (secondary N) is 1. The van der Waals surface area contributed by atoms with E-state index < -0.39 is 0 Å². The second-order valence-corrected chi connectivity index (χ2v) is 7.09. The summed E-state index contributed by atoms with van der Waals surface area (Å²) in [5, 5.41) is 3.68. The van der Waals surface area contributed by atoms with Gasteiger partial charge in [0, 0.05) is 17.8 Å². The molecule has 0 saturated heterocycles. The van der Waals surface area contributed by atoms with Gasteiger partial charge in [-0.2, -0.15) is 0 Å². The Kier molecular flexibility index (Phi) is 5.75. The van der Waals surface area contributed by atoms with Gasteiger partial charge in [0.15, 0.2) is 0 Å². The minimum absolute atomic E-state index is 0.277. The summed E-state index contributed by atoms with van der Waals surface area (Å²) >= 11 is 6.96. The summed E-state index contributed by atoms with van der Waals surface area (Å²) < 4.78 is 11.4. The third-order valence-corrected chi connectivity index (χ3v) is 4.95. The van der Waals surface area contributed by atoms with Gasteiger partial charge in [-0.1, -0.05) is 18.3 Å². The Bertz CT molecular complexity index is 939. The smallest absolute Gasteiger partial charge is 0.270 e. The molecule has 3 aromatic rings. The molecule has 134 valence electrons. The maximum absolute atomic E-state index is 12.1. The molecule has 0 aliphatic carbocycles. The van der Waals surface area contributed by atoms with Crippen molar-refractivity contribution in [3.05, 3.63) is 47.2 Å². The van der Waals surface area contributed by atoms with E-state index in [1.54, 1.807) is 37.7 Å². The number of nitrogens with zero attached hydrogens (tertiary/aromatic N) is 2. The molecule has 0 saturated carbocycles. The zero-order valence-corrected chi connectivity index (χ0v) is 15.9. The van der Waals surface area contributed by atoms with Crippen molar-refractivity contribution in [2.75, 3.05) is 20.8 Å². The Morgan fingerprint density at radius 3 is 2.77 bits per heavy atom. The van der Waals surface area contributed by atoms with E-state index in [0.29, 0.717) is 22.7 Å². The maximum Gasteiger partial charge on any atom is 0.270 e. The number of hydrogen-bond acceptors (Lipinski definition) is 7. The van der Waals surface area contributed by atoms with Gasteiger partial charge in [-0.05, 0) is 24.3 Å². The summed E-state index contributed by atoms with van der Waals surface area (Å²) in [6, 6.07) is 9.11. The van der Waals surface area contributed by atoms with Gasteiger partial charge in [-0.25, -0.2) is 9.97 Å². The first-order valence-electron chi connectivity index (χ1n) is 7.83. The minimum atomic E-state index is -0.277. The maximum atomic E-state index is 12.1. The van der Waals surface area contributed by atoms with Crippen LogP contribution in [0.2, 0.25) is 0 Å². The predicted octanol–water partition coefficient (Wildman–Crippen LogP) is 3.05. The van der Waals surface area contributed by atoms with E-state index in [4.69, 9.17) is 21.7 Å². The molecule has 1 N–H and O–H groups in total. The fraction of sp³-hybridized carbons (Fsp3) is 0.222. The van der Waals surface area contributed by atoms with Crippen LogP contribution < -0.4 is 14.8 Å². The van der Waals surface area contributed by atoms with Crippen molar-refractivity contribution in [1.29, 1.82) is 0 Å². The number of carbonyl (C=O) groups is 1. The van der Waals surface area contributed by atoms with Gasteiger partial charge in [0.05, 0.1) is 30.1 Å². The van der Waals surface area contributed by atoms with Crippen molar-refractivity contribution in [3.8, 4) is 11.5 Å². The highest BCUT2D eigenvalue weighted by atomic mass is 32.1. The van der Waals surface area contributed by atoms with Gasteiger partial charge < -0.3 is 14.8 Å². The number of carbonyl (C=O) groups excluding carboxylic acids is 1. The molecule has 1 amide bonds. The molecule has 26 heavy (non-hydrogen) atoms. The van der Waals surface area contributed by atoms with Crippen LogP contribution >= 0.6 is 23.6 Å². The number of methoxy groups -OCH3 is 2. The van der Waals surface area contributed by atoms with E-state index in [9.17, 15) is 4.79 Å². The quantitative estimate of drug-likeness (QED) is 0.628. The highest BCUT2D eigenvalue weighted by molar-refractivity contribution is 7.80. The summed E-state index contributed by atoms with van der Waals surface area (Å²) in [5.41, 5.74) is 1.16. The average molecular weight is 387 g/mol. The number of thiocarbonyl (C=S) groups is 1. The van der Waals surface area contributed by atoms with Crippen molar-refractivity contribution in [2.45, 2.75) is 6.42 Å². The van der Waals surface area contributed by atoms with Crippen LogP contribution in [0.4, 0.5) is 0 Å². The normalized spacial score (nSPS) is 10.5. The molecule has 0 fully saturated rings. The standard InChI is InChI=1S/C18H17N3O3S2/c1-23-11-6-7-13(19-9-11)18(22)20-10-12(25)8-16-21-17-14(24-2)4-3-5-15(17)26-16/h3-7,9H,8,10H2,1-2H3,(H,20,22). The molecule has 0 aliphatic rings. The van der Waals surface area contributed by atoms with Crippen LogP contribution in [0, 0.1) is 0 Å². The fourth-order valence-corrected chi connectivity index (χ4v) is 3.67. The first kappa shape index (κ1) is 18.2. The number of hydrogen-bond donors (Lipinski definition) is 1. The van der Waals surface area contributed by atoms with E-state index in [-0.39, 0.29) is 12.5 Å². The number of benzene rings is 1. The number of aromatic nitrogens is 2. The third-order valence-electron chi connectivity index (χ3n) is 3.65. The number of para-hydroxylation sites is 1. The molecule has 0 spiro atoms. The SMILES string of the molecule is COc1ccc(C(=O)NCC(=S)Cc2nc3c(OC)cccc3s2)nc1. The van der Waals surface area contributed by atoms with Crippen molar-refractivity contribution in [1.82, 2.24) is 15.3 Å². The molecule has 0 bridgehead atoms. The number of pyridine rings is 1. The number of amides is 1. The molecule has 0 atom stereocenters. The largest absolute Gasteiger partial charge is 0.495 e.